The number of halogens is 1. The van der Waals surface area contributed by atoms with Crippen molar-refractivity contribution in [2.24, 2.45) is 0 Å². The molecule has 8 heteroatoms. The van der Waals surface area contributed by atoms with E-state index in [4.69, 9.17) is 5.21 Å². The highest BCUT2D eigenvalue weighted by molar-refractivity contribution is 7.89. The van der Waals surface area contributed by atoms with Crippen molar-refractivity contribution in [1.82, 2.24) is 9.79 Å². The van der Waals surface area contributed by atoms with E-state index < -0.39 is 15.9 Å². The predicted molar refractivity (Wildman–Crippen MR) is 114 cm³/mol. The number of hydrogen-bond acceptors (Lipinski definition) is 4. The summed E-state index contributed by atoms with van der Waals surface area (Å²) in [6.07, 6.45) is 0.978. The van der Waals surface area contributed by atoms with Crippen LogP contribution in [0.1, 0.15) is 21.5 Å². The standard InChI is InChI=1S/C23H21FN2O4S/c24-21-8-6-16(7-9-21)18-2-1-3-22(15-18)31(29,30)26-12-10-17-4-5-20(23(27)25-28)14-19(17)11-13-26/h1-9,14-15,28H,10-13H2,(H,25,27). The molecule has 6 nitrogen and oxygen atoms in total. The Labute approximate surface area is 180 Å². The smallest absolute Gasteiger partial charge is 0.274 e. The monoisotopic (exact) mass is 440 g/mol. The maximum atomic E-state index is 13.3. The number of benzene rings is 3. The molecule has 0 aromatic heterocycles. The summed E-state index contributed by atoms with van der Waals surface area (Å²) in [4.78, 5) is 11.9. The first kappa shape index (κ1) is 21.2. The van der Waals surface area contributed by atoms with Gasteiger partial charge in [0.2, 0.25) is 10.0 Å². The Morgan fingerprint density at radius 2 is 1.61 bits per heavy atom. The first-order chi connectivity index (χ1) is 14.9. The summed E-state index contributed by atoms with van der Waals surface area (Å²) in [6, 6.07) is 17.6. The number of hydrogen-bond donors (Lipinski definition) is 2. The zero-order chi connectivity index (χ0) is 22.0. The molecule has 160 valence electrons. The molecule has 0 radical (unpaired) electrons. The highest BCUT2D eigenvalue weighted by atomic mass is 32.2. The molecular formula is C23H21FN2O4S. The second-order valence-electron chi connectivity index (χ2n) is 7.36. The zero-order valence-electron chi connectivity index (χ0n) is 16.6. The van der Waals surface area contributed by atoms with E-state index in [0.717, 1.165) is 16.7 Å². The van der Waals surface area contributed by atoms with Gasteiger partial charge in [-0.1, -0.05) is 30.3 Å². The third-order valence-corrected chi connectivity index (χ3v) is 7.38. The second kappa shape index (κ2) is 8.58. The molecule has 0 bridgehead atoms. The van der Waals surface area contributed by atoms with Crippen molar-refractivity contribution in [1.29, 1.82) is 0 Å². The summed E-state index contributed by atoms with van der Waals surface area (Å²) >= 11 is 0. The van der Waals surface area contributed by atoms with Crippen molar-refractivity contribution < 1.29 is 22.8 Å². The van der Waals surface area contributed by atoms with Crippen molar-refractivity contribution in [2.75, 3.05) is 13.1 Å². The molecule has 0 aliphatic carbocycles. The van der Waals surface area contributed by atoms with E-state index in [1.807, 2.05) is 0 Å². The molecule has 0 fully saturated rings. The zero-order valence-corrected chi connectivity index (χ0v) is 17.4. The predicted octanol–water partition coefficient (Wildman–Crippen LogP) is 3.40. The Morgan fingerprint density at radius 1 is 0.903 bits per heavy atom. The van der Waals surface area contributed by atoms with Crippen LogP contribution < -0.4 is 5.48 Å². The molecule has 1 amide bonds. The molecule has 2 N–H and O–H groups in total. The first-order valence-corrected chi connectivity index (χ1v) is 11.2. The minimum Gasteiger partial charge on any atom is -0.288 e. The van der Waals surface area contributed by atoms with Crippen LogP contribution in [-0.2, 0) is 22.9 Å². The van der Waals surface area contributed by atoms with Crippen LogP contribution in [0.2, 0.25) is 0 Å². The van der Waals surface area contributed by atoms with Crippen LogP contribution in [0.5, 0.6) is 0 Å². The van der Waals surface area contributed by atoms with E-state index in [1.54, 1.807) is 60.1 Å². The van der Waals surface area contributed by atoms with Crippen LogP contribution in [0.4, 0.5) is 4.39 Å². The molecule has 0 saturated carbocycles. The van der Waals surface area contributed by atoms with Crippen molar-refractivity contribution in [3.8, 4) is 11.1 Å². The normalized spacial score (nSPS) is 14.5. The van der Waals surface area contributed by atoms with E-state index in [0.29, 0.717) is 30.5 Å². The summed E-state index contributed by atoms with van der Waals surface area (Å²) in [5.41, 5.74) is 5.23. The molecule has 1 aliphatic rings. The molecule has 0 unspecified atom stereocenters. The number of nitrogens with zero attached hydrogens (tertiary/aromatic N) is 1. The fraction of sp³-hybridized carbons (Fsp3) is 0.174. The first-order valence-electron chi connectivity index (χ1n) is 9.81. The molecule has 0 saturated heterocycles. The van der Waals surface area contributed by atoms with Gasteiger partial charge in [0.15, 0.2) is 0 Å². The average molecular weight is 440 g/mol. The number of hydroxylamine groups is 1. The van der Waals surface area contributed by atoms with E-state index >= 15 is 0 Å². The van der Waals surface area contributed by atoms with Gasteiger partial charge in [-0.3, -0.25) is 10.0 Å². The number of fused-ring (bicyclic) bond motifs is 1. The van der Waals surface area contributed by atoms with Gasteiger partial charge >= 0.3 is 0 Å². The number of amides is 1. The van der Waals surface area contributed by atoms with Crippen LogP contribution in [0.25, 0.3) is 11.1 Å². The Kier molecular flexibility index (Phi) is 5.86. The number of sulfonamides is 1. The summed E-state index contributed by atoms with van der Waals surface area (Å²) < 4.78 is 41.3. The van der Waals surface area contributed by atoms with Crippen molar-refractivity contribution >= 4 is 15.9 Å². The van der Waals surface area contributed by atoms with Gasteiger partial charge in [-0.25, -0.2) is 18.3 Å². The Balaban J connectivity index is 1.59. The Hall–Kier alpha value is -3.07. The lowest BCUT2D eigenvalue weighted by Gasteiger charge is -2.20. The highest BCUT2D eigenvalue weighted by Crippen LogP contribution is 2.26. The molecule has 0 atom stereocenters. The fourth-order valence-electron chi connectivity index (χ4n) is 3.78. The van der Waals surface area contributed by atoms with Crippen molar-refractivity contribution in [3.05, 3.63) is 89.2 Å². The lowest BCUT2D eigenvalue weighted by Crippen LogP contribution is -2.33. The Bertz CT molecular complexity index is 1230. The SMILES string of the molecule is O=C(NO)c1ccc2c(c1)CCN(S(=O)(=O)c1cccc(-c3ccc(F)cc3)c1)CC2. The van der Waals surface area contributed by atoms with Crippen LogP contribution >= 0.6 is 0 Å². The highest BCUT2D eigenvalue weighted by Gasteiger charge is 2.27. The summed E-state index contributed by atoms with van der Waals surface area (Å²) in [7, 11) is -3.73. The van der Waals surface area contributed by atoms with Gasteiger partial charge in [-0.15, -0.1) is 0 Å². The number of nitrogens with one attached hydrogen (secondary N) is 1. The molecular weight excluding hydrogens is 419 g/mol. The molecule has 31 heavy (non-hydrogen) atoms. The summed E-state index contributed by atoms with van der Waals surface area (Å²) in [5.74, 6) is -0.953. The third-order valence-electron chi connectivity index (χ3n) is 5.48. The minimum absolute atomic E-state index is 0.181. The third kappa shape index (κ3) is 4.36. The summed E-state index contributed by atoms with van der Waals surface area (Å²) in [6.45, 7) is 0.599. The molecule has 4 rings (SSSR count). The fourth-order valence-corrected chi connectivity index (χ4v) is 5.27. The number of carbonyl (C=O) groups is 1. The van der Waals surface area contributed by atoms with Gasteiger partial charge in [0, 0.05) is 18.7 Å². The van der Waals surface area contributed by atoms with E-state index in [2.05, 4.69) is 0 Å². The minimum atomic E-state index is -3.73. The number of rotatable bonds is 4. The largest absolute Gasteiger partial charge is 0.288 e. The average Bonchev–Trinajstić information content (AvgIpc) is 3.01. The van der Waals surface area contributed by atoms with Gasteiger partial charge in [0.25, 0.3) is 5.91 Å². The van der Waals surface area contributed by atoms with Crippen LogP contribution in [-0.4, -0.2) is 36.9 Å². The number of carbonyl (C=O) groups excluding carboxylic acids is 1. The molecule has 3 aromatic carbocycles. The quantitative estimate of drug-likeness (QED) is 0.481. The Morgan fingerprint density at radius 3 is 2.32 bits per heavy atom. The van der Waals surface area contributed by atoms with Crippen LogP contribution in [0.15, 0.2) is 71.6 Å². The lowest BCUT2D eigenvalue weighted by molar-refractivity contribution is 0.0706. The van der Waals surface area contributed by atoms with Gasteiger partial charge < -0.3 is 0 Å². The van der Waals surface area contributed by atoms with Gasteiger partial charge in [-0.05, 0) is 71.5 Å². The van der Waals surface area contributed by atoms with Crippen LogP contribution in [0, 0.1) is 5.82 Å². The molecule has 0 spiro atoms. The second-order valence-corrected chi connectivity index (χ2v) is 9.30. The topological polar surface area (TPSA) is 86.7 Å². The maximum absolute atomic E-state index is 13.3. The molecule has 3 aromatic rings. The maximum Gasteiger partial charge on any atom is 0.274 e. The van der Waals surface area contributed by atoms with E-state index in [9.17, 15) is 17.6 Å². The molecule has 1 heterocycles. The van der Waals surface area contributed by atoms with Gasteiger partial charge in [0.1, 0.15) is 5.82 Å². The molecule has 1 aliphatic heterocycles. The van der Waals surface area contributed by atoms with Crippen LogP contribution in [0.3, 0.4) is 0 Å². The van der Waals surface area contributed by atoms with E-state index in [1.165, 1.54) is 16.4 Å². The van der Waals surface area contributed by atoms with Gasteiger partial charge in [0.05, 0.1) is 4.90 Å². The van der Waals surface area contributed by atoms with Crippen molar-refractivity contribution in [3.63, 3.8) is 0 Å². The lowest BCUT2D eigenvalue weighted by atomic mass is 10.00. The van der Waals surface area contributed by atoms with Crippen molar-refractivity contribution in [2.45, 2.75) is 17.7 Å². The van der Waals surface area contributed by atoms with E-state index in [-0.39, 0.29) is 17.3 Å². The summed E-state index contributed by atoms with van der Waals surface area (Å²) in [5, 5.41) is 8.84. The van der Waals surface area contributed by atoms with Gasteiger partial charge in [-0.2, -0.15) is 4.31 Å².